The van der Waals surface area contributed by atoms with Crippen molar-refractivity contribution >= 4 is 22.4 Å². The molecule has 4 nitrogen and oxygen atoms in total. The van der Waals surface area contributed by atoms with Crippen LogP contribution < -0.4 is 10.5 Å². The summed E-state index contributed by atoms with van der Waals surface area (Å²) in [6, 6.07) is 9.77. The van der Waals surface area contributed by atoms with Gasteiger partial charge in [-0.05, 0) is 5.56 Å². The van der Waals surface area contributed by atoms with E-state index in [0.717, 1.165) is 5.56 Å². The van der Waals surface area contributed by atoms with E-state index in [1.54, 1.807) is 0 Å². The molecule has 0 radical (unpaired) electrons. The molecule has 0 unspecified atom stereocenters. The Morgan fingerprint density at radius 1 is 1.20 bits per heavy atom. The third kappa shape index (κ3) is 7.33. The van der Waals surface area contributed by atoms with Gasteiger partial charge in [0.05, 0.1) is 5.75 Å². The molecule has 0 heterocycles. The second-order valence-electron chi connectivity index (χ2n) is 3.03. The van der Waals surface area contributed by atoms with Crippen LogP contribution in [0.2, 0.25) is 0 Å². The van der Waals surface area contributed by atoms with Crippen LogP contribution in [0.3, 0.4) is 0 Å². The molecule has 0 saturated heterocycles. The Morgan fingerprint density at radius 3 is 2.33 bits per heavy atom. The number of sulfonamides is 1. The summed E-state index contributed by atoms with van der Waals surface area (Å²) < 4.78 is 21.2. The van der Waals surface area contributed by atoms with Crippen molar-refractivity contribution in [3.63, 3.8) is 0 Å². The molecule has 1 aromatic rings. The Hall–Kier alpha value is -0.620. The quantitative estimate of drug-likeness (QED) is 0.747. The zero-order valence-electron chi connectivity index (χ0n) is 8.22. The van der Waals surface area contributed by atoms with E-state index in [1.807, 2.05) is 30.3 Å². The van der Waals surface area contributed by atoms with Gasteiger partial charge in [0, 0.05) is 13.1 Å². The van der Waals surface area contributed by atoms with E-state index in [-0.39, 0.29) is 18.2 Å². The van der Waals surface area contributed by atoms with Crippen LogP contribution in [-0.4, -0.2) is 20.7 Å². The molecule has 0 aliphatic heterocycles. The second kappa shape index (κ2) is 6.79. The third-order valence-electron chi connectivity index (χ3n) is 1.74. The Bertz CT molecular complexity index is 367. The summed E-state index contributed by atoms with van der Waals surface area (Å²) in [4.78, 5) is 0. The molecular formula is C9H15ClN2O2S. The van der Waals surface area contributed by atoms with Gasteiger partial charge in [0.25, 0.3) is 0 Å². The fourth-order valence-electron chi connectivity index (χ4n) is 1.04. The van der Waals surface area contributed by atoms with E-state index in [0.29, 0.717) is 13.1 Å². The Labute approximate surface area is 96.3 Å². The van der Waals surface area contributed by atoms with E-state index in [9.17, 15) is 8.42 Å². The molecule has 6 heteroatoms. The Balaban J connectivity index is 0.00000196. The van der Waals surface area contributed by atoms with Crippen LogP contribution in [0.4, 0.5) is 0 Å². The van der Waals surface area contributed by atoms with Gasteiger partial charge in [0.2, 0.25) is 10.0 Å². The molecule has 0 fully saturated rings. The summed E-state index contributed by atoms with van der Waals surface area (Å²) in [6.45, 7) is 1.05. The van der Waals surface area contributed by atoms with E-state index >= 15 is 0 Å². The van der Waals surface area contributed by atoms with Gasteiger partial charge < -0.3 is 5.32 Å². The minimum atomic E-state index is -3.34. The summed E-state index contributed by atoms with van der Waals surface area (Å²) in [6.07, 6.45) is 0. The molecule has 15 heavy (non-hydrogen) atoms. The average molecular weight is 251 g/mol. The van der Waals surface area contributed by atoms with E-state index in [2.05, 4.69) is 5.32 Å². The smallest absolute Gasteiger partial charge is 0.210 e. The van der Waals surface area contributed by atoms with Crippen molar-refractivity contribution in [2.75, 3.05) is 12.3 Å². The molecule has 0 amide bonds. The predicted molar refractivity (Wildman–Crippen MR) is 63.4 cm³/mol. The lowest BCUT2D eigenvalue weighted by molar-refractivity contribution is 0.592. The molecular weight excluding hydrogens is 236 g/mol. The fraction of sp³-hybridized carbons (Fsp3) is 0.333. The average Bonchev–Trinajstić information content (AvgIpc) is 2.13. The highest BCUT2D eigenvalue weighted by molar-refractivity contribution is 7.89. The SMILES string of the molecule is Cl.NS(=O)(=O)CCNCc1ccccc1. The van der Waals surface area contributed by atoms with Gasteiger partial charge in [-0.2, -0.15) is 0 Å². The number of rotatable bonds is 5. The summed E-state index contributed by atoms with van der Waals surface area (Å²) in [5.41, 5.74) is 1.13. The van der Waals surface area contributed by atoms with Crippen LogP contribution in [0.15, 0.2) is 30.3 Å². The normalized spacial score (nSPS) is 10.7. The lowest BCUT2D eigenvalue weighted by atomic mass is 10.2. The number of nitrogens with two attached hydrogens (primary N) is 1. The Kier molecular flexibility index (Phi) is 6.51. The standard InChI is InChI=1S/C9H14N2O2S.ClH/c10-14(12,13)7-6-11-8-9-4-2-1-3-5-9;/h1-5,11H,6-8H2,(H2,10,12,13);1H. The lowest BCUT2D eigenvalue weighted by Gasteiger charge is -2.03. The van der Waals surface area contributed by atoms with Crippen molar-refractivity contribution in [1.29, 1.82) is 0 Å². The number of hydrogen-bond donors (Lipinski definition) is 2. The van der Waals surface area contributed by atoms with Gasteiger partial charge in [0.15, 0.2) is 0 Å². The van der Waals surface area contributed by atoms with Crippen molar-refractivity contribution < 1.29 is 8.42 Å². The molecule has 0 aliphatic carbocycles. The third-order valence-corrected chi connectivity index (χ3v) is 2.51. The van der Waals surface area contributed by atoms with Crippen LogP contribution in [0.25, 0.3) is 0 Å². The van der Waals surface area contributed by atoms with Gasteiger partial charge in [-0.15, -0.1) is 12.4 Å². The second-order valence-corrected chi connectivity index (χ2v) is 4.76. The molecule has 0 bridgehead atoms. The van der Waals surface area contributed by atoms with Crippen molar-refractivity contribution in [2.45, 2.75) is 6.54 Å². The maximum atomic E-state index is 10.6. The van der Waals surface area contributed by atoms with E-state index < -0.39 is 10.0 Å². The van der Waals surface area contributed by atoms with Gasteiger partial charge >= 0.3 is 0 Å². The Morgan fingerprint density at radius 2 is 1.80 bits per heavy atom. The number of nitrogens with one attached hydrogen (secondary N) is 1. The molecule has 1 rings (SSSR count). The van der Waals surface area contributed by atoms with E-state index in [4.69, 9.17) is 5.14 Å². The number of hydrogen-bond acceptors (Lipinski definition) is 3. The molecule has 3 N–H and O–H groups in total. The largest absolute Gasteiger partial charge is 0.312 e. The summed E-state index contributed by atoms with van der Waals surface area (Å²) in [7, 11) is -3.34. The monoisotopic (exact) mass is 250 g/mol. The molecule has 0 spiro atoms. The topological polar surface area (TPSA) is 72.2 Å². The maximum absolute atomic E-state index is 10.6. The molecule has 0 atom stereocenters. The maximum Gasteiger partial charge on any atom is 0.210 e. The van der Waals surface area contributed by atoms with Crippen LogP contribution in [0, 0.1) is 0 Å². The first-order valence-corrected chi connectivity index (χ1v) is 6.04. The van der Waals surface area contributed by atoms with Crippen LogP contribution in [0.5, 0.6) is 0 Å². The predicted octanol–water partition coefficient (Wildman–Crippen LogP) is 0.486. The molecule has 86 valence electrons. The lowest BCUT2D eigenvalue weighted by Crippen LogP contribution is -2.26. The minimum absolute atomic E-state index is 0. The highest BCUT2D eigenvalue weighted by Crippen LogP contribution is 1.96. The van der Waals surface area contributed by atoms with Crippen molar-refractivity contribution in [3.05, 3.63) is 35.9 Å². The number of benzene rings is 1. The van der Waals surface area contributed by atoms with Crippen LogP contribution in [-0.2, 0) is 16.6 Å². The summed E-state index contributed by atoms with van der Waals surface area (Å²) in [5, 5.41) is 7.85. The van der Waals surface area contributed by atoms with Gasteiger partial charge in [-0.1, -0.05) is 30.3 Å². The minimum Gasteiger partial charge on any atom is -0.312 e. The summed E-state index contributed by atoms with van der Waals surface area (Å²) >= 11 is 0. The number of halogens is 1. The van der Waals surface area contributed by atoms with Crippen molar-refractivity contribution in [3.8, 4) is 0 Å². The molecule has 0 saturated carbocycles. The van der Waals surface area contributed by atoms with Gasteiger partial charge in [0.1, 0.15) is 0 Å². The molecule has 0 aromatic heterocycles. The van der Waals surface area contributed by atoms with Gasteiger partial charge in [-0.3, -0.25) is 0 Å². The van der Waals surface area contributed by atoms with Crippen molar-refractivity contribution in [2.24, 2.45) is 5.14 Å². The van der Waals surface area contributed by atoms with Crippen molar-refractivity contribution in [1.82, 2.24) is 5.32 Å². The zero-order chi connectivity index (χ0) is 10.4. The van der Waals surface area contributed by atoms with Crippen LogP contribution in [0.1, 0.15) is 5.56 Å². The fourth-order valence-corrected chi connectivity index (χ4v) is 1.47. The molecule has 1 aromatic carbocycles. The van der Waals surface area contributed by atoms with E-state index in [1.165, 1.54) is 0 Å². The van der Waals surface area contributed by atoms with Crippen LogP contribution >= 0.6 is 12.4 Å². The highest BCUT2D eigenvalue weighted by atomic mass is 35.5. The first-order valence-electron chi connectivity index (χ1n) is 4.33. The first kappa shape index (κ1) is 14.4. The zero-order valence-corrected chi connectivity index (χ0v) is 9.85. The number of primary sulfonamides is 1. The van der Waals surface area contributed by atoms with Gasteiger partial charge in [-0.25, -0.2) is 13.6 Å². The first-order chi connectivity index (χ1) is 6.58. The summed E-state index contributed by atoms with van der Waals surface area (Å²) in [5.74, 6) is -0.0279. The molecule has 0 aliphatic rings. The highest BCUT2D eigenvalue weighted by Gasteiger charge is 2.00.